The van der Waals surface area contributed by atoms with E-state index in [-0.39, 0.29) is 29.7 Å². The molecule has 1 amide bonds. The highest BCUT2D eigenvalue weighted by Gasteiger charge is 2.46. The lowest BCUT2D eigenvalue weighted by Crippen LogP contribution is -2.39. The molecule has 4 heterocycles. The molecule has 0 radical (unpaired) electrons. The largest absolute Gasteiger partial charge is 0.434 e. The maximum absolute atomic E-state index is 13.3. The van der Waals surface area contributed by atoms with E-state index in [4.69, 9.17) is 14.6 Å². The number of carbonyl (C=O) groups is 1. The molecule has 6 rings (SSSR count). The molecule has 188 valence electrons. The predicted octanol–water partition coefficient (Wildman–Crippen LogP) is 4.54. The maximum Gasteiger partial charge on any atom is 0.387 e. The molecular weight excluding hydrogens is 468 g/mol. The number of aliphatic hydroxyl groups is 1. The molecule has 3 aromatic rings. The summed E-state index contributed by atoms with van der Waals surface area (Å²) in [7, 11) is 1.73. The van der Waals surface area contributed by atoms with Crippen molar-refractivity contribution >= 4 is 17.0 Å². The second-order valence-corrected chi connectivity index (χ2v) is 10.3. The number of ether oxygens (including phenoxy) is 2. The van der Waals surface area contributed by atoms with E-state index in [9.17, 15) is 18.7 Å². The van der Waals surface area contributed by atoms with Crippen molar-refractivity contribution in [1.82, 2.24) is 14.5 Å². The van der Waals surface area contributed by atoms with Gasteiger partial charge in [-0.2, -0.15) is 13.9 Å². The molecule has 2 bridgehead atoms. The summed E-state index contributed by atoms with van der Waals surface area (Å²) < 4.78 is 39.2. The SMILES string of the molecule is CN1C(=O)c2cccc(OC(F)F)c2[C@H]2C[C@@H]1c1nn3ccc(C4=CCC(C(C)(C)O)OC4)cc3c12. The van der Waals surface area contributed by atoms with Crippen LogP contribution in [0.3, 0.4) is 0 Å². The zero-order valence-electron chi connectivity index (χ0n) is 20.2. The summed E-state index contributed by atoms with van der Waals surface area (Å²) in [6.45, 7) is 0.861. The molecule has 36 heavy (non-hydrogen) atoms. The minimum Gasteiger partial charge on any atom is -0.434 e. The Balaban J connectivity index is 1.48. The van der Waals surface area contributed by atoms with E-state index >= 15 is 0 Å². The fourth-order valence-electron chi connectivity index (χ4n) is 5.82. The molecule has 9 heteroatoms. The summed E-state index contributed by atoms with van der Waals surface area (Å²) >= 11 is 0. The summed E-state index contributed by atoms with van der Waals surface area (Å²) in [6.07, 6.45) is 4.85. The number of halogens is 2. The number of carbonyl (C=O) groups excluding carboxylic acids is 1. The predicted molar refractivity (Wildman–Crippen MR) is 128 cm³/mol. The molecule has 3 atom stereocenters. The zero-order valence-corrected chi connectivity index (χ0v) is 20.2. The lowest BCUT2D eigenvalue weighted by atomic mass is 9.88. The lowest BCUT2D eigenvalue weighted by molar-refractivity contribution is -0.0804. The average Bonchev–Trinajstić information content (AvgIpc) is 3.36. The van der Waals surface area contributed by atoms with Gasteiger partial charge < -0.3 is 19.5 Å². The van der Waals surface area contributed by atoms with Crippen molar-refractivity contribution in [2.24, 2.45) is 0 Å². The van der Waals surface area contributed by atoms with E-state index in [0.29, 0.717) is 30.6 Å². The van der Waals surface area contributed by atoms with Gasteiger partial charge in [0, 0.05) is 35.9 Å². The van der Waals surface area contributed by atoms with Gasteiger partial charge in [-0.25, -0.2) is 4.52 Å². The summed E-state index contributed by atoms with van der Waals surface area (Å²) in [6, 6.07) is 8.49. The molecule has 1 unspecified atom stereocenters. The van der Waals surface area contributed by atoms with Gasteiger partial charge >= 0.3 is 6.61 Å². The first-order chi connectivity index (χ1) is 17.1. The van der Waals surface area contributed by atoms with E-state index in [1.54, 1.807) is 42.4 Å². The third kappa shape index (κ3) is 3.52. The molecule has 0 saturated carbocycles. The van der Waals surface area contributed by atoms with Gasteiger partial charge in [0.1, 0.15) is 5.75 Å². The van der Waals surface area contributed by atoms with Crippen LogP contribution in [-0.2, 0) is 4.74 Å². The highest BCUT2D eigenvalue weighted by atomic mass is 19.3. The Morgan fingerprint density at radius 3 is 2.75 bits per heavy atom. The van der Waals surface area contributed by atoms with Crippen molar-refractivity contribution < 1.29 is 28.2 Å². The number of pyridine rings is 1. The van der Waals surface area contributed by atoms with Gasteiger partial charge in [-0.1, -0.05) is 12.1 Å². The number of aromatic nitrogens is 2. The minimum absolute atomic E-state index is 0.0271. The average molecular weight is 496 g/mol. The van der Waals surface area contributed by atoms with E-state index in [1.807, 2.05) is 18.3 Å². The number of fused-ring (bicyclic) bond motifs is 9. The van der Waals surface area contributed by atoms with Crippen LogP contribution >= 0.6 is 0 Å². The number of hydrogen-bond donors (Lipinski definition) is 1. The number of hydrogen-bond acceptors (Lipinski definition) is 5. The number of benzene rings is 1. The third-order valence-corrected chi connectivity index (χ3v) is 7.65. The van der Waals surface area contributed by atoms with Crippen LogP contribution in [-0.4, -0.2) is 57.5 Å². The lowest BCUT2D eigenvalue weighted by Gasteiger charge is -2.32. The molecule has 2 aromatic heterocycles. The molecular formula is C27H27F2N3O4. The van der Waals surface area contributed by atoms with E-state index in [1.165, 1.54) is 6.07 Å². The van der Waals surface area contributed by atoms with Crippen LogP contribution in [0.1, 0.15) is 71.4 Å². The van der Waals surface area contributed by atoms with Gasteiger partial charge in [0.2, 0.25) is 0 Å². The number of alkyl halides is 2. The third-order valence-electron chi connectivity index (χ3n) is 7.65. The summed E-state index contributed by atoms with van der Waals surface area (Å²) in [5.74, 6) is -0.515. The number of nitrogens with zero attached hydrogens (tertiary/aromatic N) is 3. The van der Waals surface area contributed by atoms with Crippen molar-refractivity contribution in [2.45, 2.75) is 57.0 Å². The van der Waals surface area contributed by atoms with Crippen molar-refractivity contribution in [2.75, 3.05) is 13.7 Å². The second-order valence-electron chi connectivity index (χ2n) is 10.3. The molecule has 0 fully saturated rings. The van der Waals surface area contributed by atoms with Gasteiger partial charge in [0.05, 0.1) is 35.6 Å². The highest BCUT2D eigenvalue weighted by molar-refractivity contribution is 5.98. The Bertz CT molecular complexity index is 1410. The zero-order chi connectivity index (χ0) is 25.4. The molecule has 0 saturated heterocycles. The van der Waals surface area contributed by atoms with Gasteiger partial charge in [0.15, 0.2) is 0 Å². The summed E-state index contributed by atoms with van der Waals surface area (Å²) in [5, 5.41) is 15.1. The van der Waals surface area contributed by atoms with Crippen LogP contribution in [0.2, 0.25) is 0 Å². The maximum atomic E-state index is 13.3. The Morgan fingerprint density at radius 1 is 1.25 bits per heavy atom. The molecule has 7 nitrogen and oxygen atoms in total. The normalized spacial score (nSPS) is 23.5. The Labute approximate surface area is 206 Å². The minimum atomic E-state index is -2.99. The van der Waals surface area contributed by atoms with Crippen LogP contribution in [0.15, 0.2) is 42.6 Å². The topological polar surface area (TPSA) is 76.3 Å². The van der Waals surface area contributed by atoms with Gasteiger partial charge in [-0.15, -0.1) is 0 Å². The quantitative estimate of drug-likeness (QED) is 0.575. The fourth-order valence-corrected chi connectivity index (χ4v) is 5.82. The van der Waals surface area contributed by atoms with Crippen molar-refractivity contribution in [3.8, 4) is 5.75 Å². The van der Waals surface area contributed by atoms with Crippen molar-refractivity contribution in [1.29, 1.82) is 0 Å². The van der Waals surface area contributed by atoms with Crippen LogP contribution in [0.4, 0.5) is 8.78 Å². The Hall–Kier alpha value is -3.30. The van der Waals surface area contributed by atoms with Crippen molar-refractivity contribution in [3.05, 3.63) is 70.6 Å². The fraction of sp³-hybridized carbons (Fsp3) is 0.407. The van der Waals surface area contributed by atoms with E-state index < -0.39 is 12.2 Å². The molecule has 3 aliphatic rings. The monoisotopic (exact) mass is 495 g/mol. The smallest absolute Gasteiger partial charge is 0.387 e. The first kappa shape index (κ1) is 23.1. The molecule has 1 N–H and O–H groups in total. The highest BCUT2D eigenvalue weighted by Crippen LogP contribution is 2.53. The molecule has 1 aromatic carbocycles. The Morgan fingerprint density at radius 2 is 2.06 bits per heavy atom. The second kappa shape index (κ2) is 8.11. The van der Waals surface area contributed by atoms with Crippen LogP contribution < -0.4 is 4.74 Å². The summed E-state index contributed by atoms with van der Waals surface area (Å²) in [5.41, 5.74) is 4.50. The standard InChI is InChI=1S/C27H27F2N3O4/c1-27(2,34)21-8-7-15(13-35-21)14-9-10-32-18(11-14)23-17-12-19(24(23)30-32)31(3)25(33)16-5-4-6-20(22(16)17)36-26(28)29/h4-7,9-11,17,19,21,26,34H,8,12-13H2,1-3H3/t17-,19-,21?/m1/s1. The van der Waals surface area contributed by atoms with Crippen LogP contribution in [0.25, 0.3) is 11.1 Å². The number of rotatable bonds is 4. The molecule has 2 aliphatic heterocycles. The molecule has 0 spiro atoms. The Kier molecular flexibility index (Phi) is 5.21. The first-order valence-electron chi connectivity index (χ1n) is 12.0. The van der Waals surface area contributed by atoms with E-state index in [0.717, 1.165) is 27.9 Å². The number of amides is 1. The summed E-state index contributed by atoms with van der Waals surface area (Å²) in [4.78, 5) is 14.9. The molecule has 1 aliphatic carbocycles. The first-order valence-corrected chi connectivity index (χ1v) is 12.0. The van der Waals surface area contributed by atoms with Crippen LogP contribution in [0.5, 0.6) is 5.75 Å². The van der Waals surface area contributed by atoms with Crippen molar-refractivity contribution in [3.63, 3.8) is 0 Å². The van der Waals surface area contributed by atoms with Gasteiger partial charge in [-0.3, -0.25) is 4.79 Å². The van der Waals surface area contributed by atoms with E-state index in [2.05, 4.69) is 6.08 Å². The van der Waals surface area contributed by atoms with Crippen LogP contribution in [0, 0.1) is 0 Å². The van der Waals surface area contributed by atoms with Gasteiger partial charge in [0.25, 0.3) is 5.91 Å². The van der Waals surface area contributed by atoms with Gasteiger partial charge in [-0.05, 0) is 62.1 Å².